The molecule has 0 aromatic heterocycles. The van der Waals surface area contributed by atoms with Gasteiger partial charge in [-0.15, -0.1) is 0 Å². The van der Waals surface area contributed by atoms with Gasteiger partial charge in [0.1, 0.15) is 18.3 Å². The Kier molecular flexibility index (Phi) is 21.7. The zero-order chi connectivity index (χ0) is 24.7. The Labute approximate surface area is 211 Å². The van der Waals surface area contributed by atoms with Gasteiger partial charge in [-0.1, -0.05) is 117 Å². The van der Waals surface area contributed by atoms with Gasteiger partial charge in [0.15, 0.2) is 6.29 Å². The maximum Gasteiger partial charge on any atom is 0.186 e. The third-order valence-corrected chi connectivity index (χ3v) is 6.84. The van der Waals surface area contributed by atoms with Crippen LogP contribution in [0, 0.1) is 0 Å². The third kappa shape index (κ3) is 15.0. The van der Waals surface area contributed by atoms with Gasteiger partial charge in [-0.3, -0.25) is 0 Å². The number of ether oxygens (including phenoxy) is 4. The van der Waals surface area contributed by atoms with Crippen molar-refractivity contribution >= 4 is 0 Å². The third-order valence-electron chi connectivity index (χ3n) is 6.84. The molecule has 0 saturated carbocycles. The summed E-state index contributed by atoms with van der Waals surface area (Å²) in [7, 11) is 0. The predicted octanol–water partition coefficient (Wildman–Crippen LogP) is 7.57. The Morgan fingerprint density at radius 2 is 0.882 bits per heavy atom. The topological polar surface area (TPSA) is 57.2 Å². The molecular formula is C29H58O5. The molecule has 34 heavy (non-hydrogen) atoms. The van der Waals surface area contributed by atoms with E-state index in [1.807, 2.05) is 0 Å². The summed E-state index contributed by atoms with van der Waals surface area (Å²) < 4.78 is 24.8. The quantitative estimate of drug-likeness (QED) is 0.135. The molecule has 1 saturated heterocycles. The second-order valence-corrected chi connectivity index (χ2v) is 10.1. The highest BCUT2D eigenvalue weighted by Gasteiger charge is 2.46. The molecule has 0 bridgehead atoms. The second-order valence-electron chi connectivity index (χ2n) is 10.1. The highest BCUT2D eigenvalue weighted by atomic mass is 16.7. The van der Waals surface area contributed by atoms with Gasteiger partial charge in [0.2, 0.25) is 0 Å². The summed E-state index contributed by atoms with van der Waals surface area (Å²) in [6.07, 6.45) is 20.9. The minimum Gasteiger partial charge on any atom is -0.394 e. The normalized spacial score (nSPS) is 22.6. The van der Waals surface area contributed by atoms with Crippen molar-refractivity contribution in [2.45, 2.75) is 161 Å². The Balaban J connectivity index is 2.46. The van der Waals surface area contributed by atoms with E-state index in [4.69, 9.17) is 18.9 Å². The molecule has 204 valence electrons. The van der Waals surface area contributed by atoms with Gasteiger partial charge in [0.25, 0.3) is 0 Å². The first-order valence-electron chi connectivity index (χ1n) is 14.9. The Hall–Kier alpha value is -0.200. The van der Waals surface area contributed by atoms with Crippen LogP contribution in [0.1, 0.15) is 136 Å². The molecule has 4 atom stereocenters. The van der Waals surface area contributed by atoms with E-state index >= 15 is 0 Å². The molecule has 0 radical (unpaired) electrons. The van der Waals surface area contributed by atoms with Crippen LogP contribution in [0.4, 0.5) is 0 Å². The van der Waals surface area contributed by atoms with Crippen LogP contribution >= 0.6 is 0 Å². The number of unbranched alkanes of at least 4 members (excludes halogenated alkanes) is 15. The molecule has 1 heterocycles. The van der Waals surface area contributed by atoms with Crippen LogP contribution < -0.4 is 0 Å². The number of hydrogen-bond acceptors (Lipinski definition) is 5. The fraction of sp³-hybridized carbons (Fsp3) is 1.00. The van der Waals surface area contributed by atoms with Crippen LogP contribution in [0.3, 0.4) is 0 Å². The first-order valence-corrected chi connectivity index (χ1v) is 14.9. The van der Waals surface area contributed by atoms with E-state index in [1.54, 1.807) is 0 Å². The standard InChI is InChI=1S/C29H58O5/c1-4-7-10-13-16-19-22-31-27-26(25-30)34-29(33-24-21-18-15-12-9-6-3)28(27)32-23-20-17-14-11-8-5-2/h26-30H,4-25H2,1-3H3/t26-,27-,28-,29+/m1/s1. The van der Waals surface area contributed by atoms with Gasteiger partial charge >= 0.3 is 0 Å². The summed E-state index contributed by atoms with van der Waals surface area (Å²) >= 11 is 0. The molecule has 5 nitrogen and oxygen atoms in total. The molecule has 0 unspecified atom stereocenters. The van der Waals surface area contributed by atoms with E-state index < -0.39 is 6.29 Å². The van der Waals surface area contributed by atoms with Crippen molar-refractivity contribution in [3.05, 3.63) is 0 Å². The maximum absolute atomic E-state index is 9.94. The molecule has 1 fully saturated rings. The first-order chi connectivity index (χ1) is 16.8. The van der Waals surface area contributed by atoms with Crippen molar-refractivity contribution in [2.75, 3.05) is 26.4 Å². The van der Waals surface area contributed by atoms with Gasteiger partial charge in [0.05, 0.1) is 6.61 Å². The van der Waals surface area contributed by atoms with E-state index in [2.05, 4.69) is 20.8 Å². The molecule has 1 rings (SSSR count). The second kappa shape index (κ2) is 23.2. The molecule has 0 aromatic carbocycles. The molecule has 0 spiro atoms. The fourth-order valence-corrected chi connectivity index (χ4v) is 4.64. The Morgan fingerprint density at radius 1 is 0.500 bits per heavy atom. The smallest absolute Gasteiger partial charge is 0.186 e. The molecule has 0 aromatic rings. The summed E-state index contributed by atoms with van der Waals surface area (Å²) in [5.41, 5.74) is 0. The van der Waals surface area contributed by atoms with E-state index in [1.165, 1.54) is 96.3 Å². The minimum atomic E-state index is -0.442. The van der Waals surface area contributed by atoms with E-state index in [0.717, 1.165) is 19.3 Å². The van der Waals surface area contributed by atoms with Crippen molar-refractivity contribution < 1.29 is 24.1 Å². The fourth-order valence-electron chi connectivity index (χ4n) is 4.64. The minimum absolute atomic E-state index is 0.0606. The van der Waals surface area contributed by atoms with Crippen LogP contribution in [-0.2, 0) is 18.9 Å². The number of hydrogen-bond donors (Lipinski definition) is 1. The van der Waals surface area contributed by atoms with Crippen molar-refractivity contribution in [1.82, 2.24) is 0 Å². The van der Waals surface area contributed by atoms with Crippen molar-refractivity contribution in [1.29, 1.82) is 0 Å². The van der Waals surface area contributed by atoms with Crippen LogP contribution in [-0.4, -0.2) is 56.1 Å². The number of aliphatic hydroxyl groups is 1. The lowest BCUT2D eigenvalue weighted by Crippen LogP contribution is -2.40. The summed E-state index contributed by atoms with van der Waals surface area (Å²) in [4.78, 5) is 0. The Morgan fingerprint density at radius 3 is 1.32 bits per heavy atom. The van der Waals surface area contributed by atoms with E-state index in [-0.39, 0.29) is 24.9 Å². The number of rotatable bonds is 25. The summed E-state index contributed by atoms with van der Waals surface area (Å²) in [5, 5.41) is 9.94. The highest BCUT2D eigenvalue weighted by molar-refractivity contribution is 4.89. The van der Waals surface area contributed by atoms with Gasteiger partial charge in [-0.05, 0) is 19.3 Å². The van der Waals surface area contributed by atoms with Crippen LogP contribution in [0.2, 0.25) is 0 Å². The zero-order valence-electron chi connectivity index (χ0n) is 22.9. The zero-order valence-corrected chi connectivity index (χ0v) is 22.9. The van der Waals surface area contributed by atoms with E-state index in [0.29, 0.717) is 19.8 Å². The lowest BCUT2D eigenvalue weighted by atomic mass is 10.1. The highest BCUT2D eigenvalue weighted by Crippen LogP contribution is 2.28. The summed E-state index contributed by atoms with van der Waals surface area (Å²) in [5.74, 6) is 0. The molecule has 1 N–H and O–H groups in total. The Bertz CT molecular complexity index is 419. The van der Waals surface area contributed by atoms with Crippen LogP contribution in [0.25, 0.3) is 0 Å². The lowest BCUT2D eigenvalue weighted by molar-refractivity contribution is -0.181. The summed E-state index contributed by atoms with van der Waals surface area (Å²) in [6.45, 7) is 8.75. The molecular weight excluding hydrogens is 428 g/mol. The molecule has 1 aliphatic rings. The largest absolute Gasteiger partial charge is 0.394 e. The average Bonchev–Trinajstić information content (AvgIpc) is 3.18. The molecule has 1 aliphatic heterocycles. The van der Waals surface area contributed by atoms with E-state index in [9.17, 15) is 5.11 Å². The summed E-state index contributed by atoms with van der Waals surface area (Å²) in [6, 6.07) is 0. The van der Waals surface area contributed by atoms with Crippen molar-refractivity contribution in [2.24, 2.45) is 0 Å². The van der Waals surface area contributed by atoms with Gasteiger partial charge in [-0.2, -0.15) is 0 Å². The molecule has 5 heteroatoms. The first kappa shape index (κ1) is 31.8. The van der Waals surface area contributed by atoms with Crippen molar-refractivity contribution in [3.63, 3.8) is 0 Å². The SMILES string of the molecule is CCCCCCCCO[C@H]1O[C@H](CO)[C@@H](OCCCCCCCC)[C@H]1OCCCCCCCC. The van der Waals surface area contributed by atoms with Crippen LogP contribution in [0.15, 0.2) is 0 Å². The van der Waals surface area contributed by atoms with Crippen molar-refractivity contribution in [3.8, 4) is 0 Å². The van der Waals surface area contributed by atoms with Gasteiger partial charge in [0, 0.05) is 19.8 Å². The maximum atomic E-state index is 9.94. The van der Waals surface area contributed by atoms with Crippen LogP contribution in [0.5, 0.6) is 0 Å². The molecule has 0 amide bonds. The van der Waals surface area contributed by atoms with Gasteiger partial charge in [-0.25, -0.2) is 0 Å². The number of aliphatic hydroxyl groups excluding tert-OH is 1. The monoisotopic (exact) mass is 486 g/mol. The molecule has 0 aliphatic carbocycles. The predicted molar refractivity (Wildman–Crippen MR) is 141 cm³/mol. The van der Waals surface area contributed by atoms with Gasteiger partial charge < -0.3 is 24.1 Å². The average molecular weight is 487 g/mol. The lowest BCUT2D eigenvalue weighted by Gasteiger charge is -2.24.